The Morgan fingerprint density at radius 2 is 1.97 bits per heavy atom. The fraction of sp³-hybridized carbons (Fsp3) is 0.364. The Morgan fingerprint density at radius 1 is 1.21 bits per heavy atom. The molecule has 0 spiro atoms. The molecule has 0 unspecified atom stereocenters. The molecule has 4 heterocycles. The summed E-state index contributed by atoms with van der Waals surface area (Å²) < 4.78 is 34.0. The van der Waals surface area contributed by atoms with Gasteiger partial charge in [-0.15, -0.1) is 11.3 Å². The maximum absolute atomic E-state index is 12.7. The van der Waals surface area contributed by atoms with E-state index < -0.39 is 21.9 Å². The summed E-state index contributed by atoms with van der Waals surface area (Å²) in [7, 11) is -3.64. The molecule has 0 amide bonds. The third-order valence-corrected chi connectivity index (χ3v) is 8.39. The molecule has 0 aromatic carbocycles. The van der Waals surface area contributed by atoms with Crippen LogP contribution in [0.1, 0.15) is 34.6 Å². The number of ketones is 1. The first-order valence-corrected chi connectivity index (χ1v) is 12.8. The molecule has 1 aliphatic rings. The Kier molecular flexibility index (Phi) is 6.73. The number of ether oxygens (including phenoxy) is 1. The molecule has 0 aliphatic carbocycles. The van der Waals surface area contributed by atoms with Crippen LogP contribution in [0, 0.1) is 19.8 Å². The van der Waals surface area contributed by atoms with Gasteiger partial charge in [-0.2, -0.15) is 4.31 Å². The Bertz CT molecular complexity index is 1250. The largest absolute Gasteiger partial charge is 0.457 e. The molecule has 0 bridgehead atoms. The van der Waals surface area contributed by atoms with Crippen molar-refractivity contribution in [3.8, 4) is 5.13 Å². The smallest absolute Gasteiger partial charge is 0.309 e. The molecule has 0 N–H and O–H groups in total. The van der Waals surface area contributed by atoms with E-state index in [4.69, 9.17) is 4.74 Å². The number of hydrogen-bond donors (Lipinski definition) is 0. The molecule has 1 fully saturated rings. The van der Waals surface area contributed by atoms with E-state index in [1.807, 2.05) is 23.8 Å². The fourth-order valence-corrected chi connectivity index (χ4v) is 6.16. The lowest BCUT2D eigenvalue weighted by Gasteiger charge is -2.29. The number of aryl methyl sites for hydroxylation is 1. The molecule has 11 heteroatoms. The highest BCUT2D eigenvalue weighted by Gasteiger charge is 2.33. The van der Waals surface area contributed by atoms with Gasteiger partial charge in [-0.1, -0.05) is 0 Å². The lowest BCUT2D eigenvalue weighted by atomic mass is 9.98. The second kappa shape index (κ2) is 9.54. The third-order valence-electron chi connectivity index (χ3n) is 5.75. The topological polar surface area (TPSA) is 111 Å². The highest BCUT2D eigenvalue weighted by molar-refractivity contribution is 7.89. The molecule has 33 heavy (non-hydrogen) atoms. The van der Waals surface area contributed by atoms with Crippen LogP contribution >= 0.6 is 11.3 Å². The number of pyridine rings is 1. The minimum Gasteiger partial charge on any atom is -0.457 e. The third kappa shape index (κ3) is 4.75. The van der Waals surface area contributed by atoms with Gasteiger partial charge in [0.15, 0.2) is 11.7 Å². The van der Waals surface area contributed by atoms with Crippen molar-refractivity contribution in [1.29, 1.82) is 0 Å². The summed E-state index contributed by atoms with van der Waals surface area (Å²) in [5, 5.41) is 2.64. The Labute approximate surface area is 196 Å². The van der Waals surface area contributed by atoms with E-state index >= 15 is 0 Å². The number of thiazole rings is 1. The van der Waals surface area contributed by atoms with Crippen molar-refractivity contribution < 1.29 is 22.7 Å². The van der Waals surface area contributed by atoms with Crippen LogP contribution in [0.5, 0.6) is 0 Å². The number of carbonyl (C=O) groups is 2. The second-order valence-electron chi connectivity index (χ2n) is 7.83. The van der Waals surface area contributed by atoms with E-state index in [2.05, 4.69) is 9.97 Å². The molecule has 174 valence electrons. The number of hydrogen-bond acceptors (Lipinski definition) is 8. The van der Waals surface area contributed by atoms with E-state index in [-0.39, 0.29) is 30.4 Å². The number of piperidine rings is 1. The van der Waals surface area contributed by atoms with Crippen molar-refractivity contribution in [2.75, 3.05) is 19.7 Å². The van der Waals surface area contributed by atoms with Gasteiger partial charge in [-0.3, -0.25) is 19.1 Å². The number of nitrogens with zero attached hydrogens (tertiary/aromatic N) is 4. The van der Waals surface area contributed by atoms with Crippen LogP contribution in [0.2, 0.25) is 0 Å². The highest BCUT2D eigenvalue weighted by atomic mass is 32.2. The number of aromatic nitrogens is 3. The minimum absolute atomic E-state index is 0.131. The number of carbonyl (C=O) groups excluding carboxylic acids is 2. The van der Waals surface area contributed by atoms with Gasteiger partial charge in [-0.25, -0.2) is 13.4 Å². The molecule has 0 radical (unpaired) electrons. The zero-order valence-corrected chi connectivity index (χ0v) is 19.9. The predicted octanol–water partition coefficient (Wildman–Crippen LogP) is 2.77. The van der Waals surface area contributed by atoms with Crippen LogP contribution in [0.15, 0.2) is 47.1 Å². The highest BCUT2D eigenvalue weighted by Crippen LogP contribution is 2.25. The molecule has 1 aliphatic heterocycles. The quantitative estimate of drug-likeness (QED) is 0.371. The average molecular weight is 489 g/mol. The van der Waals surface area contributed by atoms with Crippen molar-refractivity contribution in [1.82, 2.24) is 18.8 Å². The molecule has 4 rings (SSSR count). The Balaban J connectivity index is 1.33. The van der Waals surface area contributed by atoms with Gasteiger partial charge in [-0.05, 0) is 44.9 Å². The molecule has 3 aromatic heterocycles. The summed E-state index contributed by atoms with van der Waals surface area (Å²) in [4.78, 5) is 33.6. The number of sulfonamides is 1. The van der Waals surface area contributed by atoms with Crippen molar-refractivity contribution in [3.05, 3.63) is 59.1 Å². The van der Waals surface area contributed by atoms with Crippen molar-refractivity contribution >= 4 is 33.1 Å². The molecule has 0 saturated carbocycles. The predicted molar refractivity (Wildman–Crippen MR) is 122 cm³/mol. The van der Waals surface area contributed by atoms with Gasteiger partial charge in [0.1, 0.15) is 4.90 Å². The first-order valence-electron chi connectivity index (χ1n) is 10.5. The first kappa shape index (κ1) is 23.3. The van der Waals surface area contributed by atoms with E-state index in [0.717, 1.165) is 16.5 Å². The molecule has 3 aromatic rings. The van der Waals surface area contributed by atoms with Crippen molar-refractivity contribution in [2.45, 2.75) is 31.6 Å². The number of esters is 1. The Hall–Kier alpha value is -2.89. The lowest BCUT2D eigenvalue weighted by molar-refractivity contribution is -0.148. The van der Waals surface area contributed by atoms with E-state index in [9.17, 15) is 18.0 Å². The SMILES string of the molecule is Cc1cc(C(=O)COC(=O)C2CCN(S(=O)(=O)c3cccnc3)CC2)c(C)n1-c1nccs1. The van der Waals surface area contributed by atoms with Crippen LogP contribution in [0.25, 0.3) is 5.13 Å². The number of rotatable bonds is 7. The normalized spacial score (nSPS) is 15.5. The maximum Gasteiger partial charge on any atom is 0.309 e. The summed E-state index contributed by atoms with van der Waals surface area (Å²) in [5.41, 5.74) is 2.12. The van der Waals surface area contributed by atoms with Gasteiger partial charge < -0.3 is 4.74 Å². The van der Waals surface area contributed by atoms with Crippen molar-refractivity contribution in [3.63, 3.8) is 0 Å². The summed E-state index contributed by atoms with van der Waals surface area (Å²) >= 11 is 1.47. The van der Waals surface area contributed by atoms with Crippen LogP contribution in [0.3, 0.4) is 0 Å². The standard InChI is InChI=1S/C22H24N4O5S2/c1-15-12-19(16(2)26(15)22-24-8-11-32-22)20(27)14-31-21(28)17-5-9-25(10-6-17)33(29,30)18-4-3-7-23-13-18/h3-4,7-8,11-13,17H,5-6,9-10,14H2,1-2H3. The maximum atomic E-state index is 12.7. The second-order valence-corrected chi connectivity index (χ2v) is 10.6. The molecular weight excluding hydrogens is 464 g/mol. The van der Waals surface area contributed by atoms with Crippen molar-refractivity contribution in [2.24, 2.45) is 5.92 Å². The minimum atomic E-state index is -3.64. The molecule has 9 nitrogen and oxygen atoms in total. The number of Topliss-reactive ketones (excluding diaryl/α,β-unsaturated/α-hetero) is 1. The van der Waals surface area contributed by atoms with E-state index in [1.54, 1.807) is 18.3 Å². The Morgan fingerprint density at radius 3 is 2.61 bits per heavy atom. The lowest BCUT2D eigenvalue weighted by Crippen LogP contribution is -2.40. The monoisotopic (exact) mass is 488 g/mol. The summed E-state index contributed by atoms with van der Waals surface area (Å²) in [5.74, 6) is -1.20. The van der Waals surface area contributed by atoms with Crippen LogP contribution in [0.4, 0.5) is 0 Å². The fourth-order valence-electron chi connectivity index (χ4n) is 3.98. The van der Waals surface area contributed by atoms with Crippen LogP contribution < -0.4 is 0 Å². The van der Waals surface area contributed by atoms with Gasteiger partial charge in [0.25, 0.3) is 0 Å². The van der Waals surface area contributed by atoms with Gasteiger partial charge in [0.05, 0.1) is 5.92 Å². The summed E-state index contributed by atoms with van der Waals surface area (Å²) in [6.07, 6.45) is 5.21. The van der Waals surface area contributed by atoms with Crippen LogP contribution in [-0.2, 0) is 19.6 Å². The molecular formula is C22H24N4O5S2. The summed E-state index contributed by atoms with van der Waals surface area (Å²) in [6, 6.07) is 4.84. The van der Waals surface area contributed by atoms with Gasteiger partial charge >= 0.3 is 5.97 Å². The van der Waals surface area contributed by atoms with Gasteiger partial charge in [0, 0.05) is 54.0 Å². The summed E-state index contributed by atoms with van der Waals surface area (Å²) in [6.45, 7) is 3.79. The zero-order valence-electron chi connectivity index (χ0n) is 18.3. The molecule has 0 atom stereocenters. The average Bonchev–Trinajstić information content (AvgIpc) is 3.45. The first-order chi connectivity index (χ1) is 15.8. The van der Waals surface area contributed by atoms with Crippen LogP contribution in [-0.4, -0.2) is 58.7 Å². The van der Waals surface area contributed by atoms with Gasteiger partial charge in [0.2, 0.25) is 15.8 Å². The molecule has 1 saturated heterocycles. The van der Waals surface area contributed by atoms with E-state index in [1.165, 1.54) is 34.1 Å². The zero-order chi connectivity index (χ0) is 23.6. The van der Waals surface area contributed by atoms with E-state index in [0.29, 0.717) is 18.4 Å².